The van der Waals surface area contributed by atoms with Crippen molar-refractivity contribution in [3.63, 3.8) is 0 Å². The summed E-state index contributed by atoms with van der Waals surface area (Å²) < 4.78 is 0. The van der Waals surface area contributed by atoms with Crippen molar-refractivity contribution in [3.05, 3.63) is 0 Å². The Kier molecular flexibility index (Phi) is 34.7. The van der Waals surface area contributed by atoms with Crippen LogP contribution in [-0.2, 0) is 0 Å². The fourth-order valence-electron chi connectivity index (χ4n) is 0.677. The minimum Gasteiger partial charge on any atom is -0.412 e. The van der Waals surface area contributed by atoms with Gasteiger partial charge >= 0.3 is 0 Å². The van der Waals surface area contributed by atoms with E-state index in [-0.39, 0.29) is 5.48 Å². The molecule has 0 radical (unpaired) electrons. The van der Waals surface area contributed by atoms with Crippen LogP contribution in [0.25, 0.3) is 0 Å². The molecule has 2 heteroatoms. The summed E-state index contributed by atoms with van der Waals surface area (Å²) >= 11 is 0. The first-order chi connectivity index (χ1) is 4.83. The van der Waals surface area contributed by atoms with E-state index in [0.29, 0.717) is 0 Å². The molecule has 0 bridgehead atoms. The zero-order chi connectivity index (χ0) is 8.24. The molecular formula is C9H21NO. The van der Waals surface area contributed by atoms with E-state index in [1.807, 2.05) is 0 Å². The van der Waals surface area contributed by atoms with E-state index in [9.17, 15) is 0 Å². The predicted octanol–water partition coefficient (Wildman–Crippen LogP) is 2.68. The third kappa shape index (κ3) is 44.1. The van der Waals surface area contributed by atoms with Gasteiger partial charge in [-0.1, -0.05) is 46.0 Å². The van der Waals surface area contributed by atoms with Crippen LogP contribution in [0, 0.1) is 11.3 Å². The summed E-state index contributed by atoms with van der Waals surface area (Å²) in [6.45, 7) is 5.92. The van der Waals surface area contributed by atoms with Crippen LogP contribution in [0.5, 0.6) is 0 Å². The van der Waals surface area contributed by atoms with Gasteiger partial charge in [-0.2, -0.15) is 5.26 Å². The highest BCUT2D eigenvalue weighted by atomic mass is 16.0. The number of nitriles is 1. The van der Waals surface area contributed by atoms with Gasteiger partial charge in [-0.15, -0.1) is 0 Å². The summed E-state index contributed by atoms with van der Waals surface area (Å²) in [5.41, 5.74) is 0. The van der Waals surface area contributed by atoms with Crippen molar-refractivity contribution in [2.45, 2.75) is 52.9 Å². The van der Waals surface area contributed by atoms with Gasteiger partial charge in [0.25, 0.3) is 0 Å². The largest absolute Gasteiger partial charge is 0.412 e. The Bertz CT molecular complexity index is 72.1. The summed E-state index contributed by atoms with van der Waals surface area (Å²) in [7, 11) is 0. The van der Waals surface area contributed by atoms with Crippen LogP contribution in [0.1, 0.15) is 52.9 Å². The zero-order valence-electron chi connectivity index (χ0n) is 7.98. The number of unbranched alkanes of at least 4 members (excludes halogenated alkanes) is 4. The SMILES string of the molecule is CC#N.CCCCCCC.O. The second-order valence-electron chi connectivity index (χ2n) is 2.28. The molecule has 0 aliphatic rings. The average molecular weight is 159 g/mol. The Morgan fingerprint density at radius 2 is 1.27 bits per heavy atom. The van der Waals surface area contributed by atoms with E-state index in [2.05, 4.69) is 13.8 Å². The molecule has 0 saturated carbocycles. The molecular weight excluding hydrogens is 138 g/mol. The molecule has 0 spiro atoms. The van der Waals surface area contributed by atoms with Crippen LogP contribution in [0.15, 0.2) is 0 Å². The Morgan fingerprint density at radius 3 is 1.45 bits per heavy atom. The molecule has 0 saturated heterocycles. The zero-order valence-corrected chi connectivity index (χ0v) is 7.98. The van der Waals surface area contributed by atoms with Crippen molar-refractivity contribution in [3.8, 4) is 6.07 Å². The van der Waals surface area contributed by atoms with Gasteiger partial charge in [0.2, 0.25) is 0 Å². The molecule has 0 unspecified atom stereocenters. The topological polar surface area (TPSA) is 55.3 Å². The lowest BCUT2D eigenvalue weighted by Gasteiger charge is -1.90. The van der Waals surface area contributed by atoms with E-state index in [4.69, 9.17) is 5.26 Å². The van der Waals surface area contributed by atoms with Crippen LogP contribution in [0.3, 0.4) is 0 Å². The van der Waals surface area contributed by atoms with Crippen LogP contribution in [0.4, 0.5) is 0 Å². The summed E-state index contributed by atoms with van der Waals surface area (Å²) in [5, 5.41) is 7.32. The second kappa shape index (κ2) is 22.7. The first kappa shape index (κ1) is 16.8. The van der Waals surface area contributed by atoms with Crippen LogP contribution in [-0.4, -0.2) is 5.48 Å². The molecule has 68 valence electrons. The van der Waals surface area contributed by atoms with Gasteiger partial charge in [0.1, 0.15) is 0 Å². The average Bonchev–Trinajstić information content (AvgIpc) is 1.91. The molecule has 0 aliphatic carbocycles. The van der Waals surface area contributed by atoms with Crippen LogP contribution in [0.2, 0.25) is 0 Å². The molecule has 0 atom stereocenters. The van der Waals surface area contributed by atoms with Crippen LogP contribution < -0.4 is 0 Å². The lowest BCUT2D eigenvalue weighted by atomic mass is 10.2. The molecule has 0 fully saturated rings. The van der Waals surface area contributed by atoms with Crippen molar-refractivity contribution in [2.24, 2.45) is 0 Å². The van der Waals surface area contributed by atoms with Gasteiger partial charge in [-0.25, -0.2) is 0 Å². The van der Waals surface area contributed by atoms with Crippen molar-refractivity contribution >= 4 is 0 Å². The van der Waals surface area contributed by atoms with Crippen molar-refractivity contribution in [1.82, 2.24) is 0 Å². The third-order valence-corrected chi connectivity index (χ3v) is 1.21. The van der Waals surface area contributed by atoms with Gasteiger partial charge in [0, 0.05) is 6.92 Å². The van der Waals surface area contributed by atoms with Gasteiger partial charge in [-0.3, -0.25) is 0 Å². The highest BCUT2D eigenvalue weighted by Gasteiger charge is 1.80. The molecule has 0 aliphatic heterocycles. The molecule has 0 aromatic rings. The van der Waals surface area contributed by atoms with Gasteiger partial charge in [0.15, 0.2) is 0 Å². The Hall–Kier alpha value is -0.550. The lowest BCUT2D eigenvalue weighted by Crippen LogP contribution is -1.70. The monoisotopic (exact) mass is 159 g/mol. The molecule has 11 heavy (non-hydrogen) atoms. The van der Waals surface area contributed by atoms with E-state index >= 15 is 0 Å². The lowest BCUT2D eigenvalue weighted by molar-refractivity contribution is 0.656. The first-order valence-corrected chi connectivity index (χ1v) is 4.14. The summed E-state index contributed by atoms with van der Waals surface area (Å²) in [6, 6.07) is 1.75. The molecule has 0 amide bonds. The fraction of sp³-hybridized carbons (Fsp3) is 0.889. The van der Waals surface area contributed by atoms with Crippen molar-refractivity contribution in [2.75, 3.05) is 0 Å². The normalized spacial score (nSPS) is 6.73. The summed E-state index contributed by atoms with van der Waals surface area (Å²) in [5.74, 6) is 0. The third-order valence-electron chi connectivity index (χ3n) is 1.21. The molecule has 0 aromatic carbocycles. The molecule has 0 heterocycles. The number of nitrogens with zero attached hydrogens (tertiary/aromatic N) is 1. The van der Waals surface area contributed by atoms with Gasteiger partial charge in [0.05, 0.1) is 6.07 Å². The first-order valence-electron chi connectivity index (χ1n) is 4.14. The maximum atomic E-state index is 7.32. The van der Waals surface area contributed by atoms with E-state index in [1.165, 1.54) is 39.0 Å². The number of rotatable bonds is 4. The number of hydrogen-bond donors (Lipinski definition) is 0. The van der Waals surface area contributed by atoms with Crippen molar-refractivity contribution in [1.29, 1.82) is 5.26 Å². The van der Waals surface area contributed by atoms with E-state index < -0.39 is 0 Å². The maximum absolute atomic E-state index is 7.32. The molecule has 0 aromatic heterocycles. The molecule has 0 rings (SSSR count). The van der Waals surface area contributed by atoms with E-state index in [1.54, 1.807) is 6.07 Å². The van der Waals surface area contributed by atoms with Crippen molar-refractivity contribution < 1.29 is 5.48 Å². The molecule has 2 nitrogen and oxygen atoms in total. The Balaban J connectivity index is -0.000000140. The minimum atomic E-state index is 0. The van der Waals surface area contributed by atoms with E-state index in [0.717, 1.165) is 0 Å². The smallest absolute Gasteiger partial charge is 0.0587 e. The summed E-state index contributed by atoms with van der Waals surface area (Å²) in [6.07, 6.45) is 7.01. The number of hydrogen-bond acceptors (Lipinski definition) is 1. The van der Waals surface area contributed by atoms with Gasteiger partial charge < -0.3 is 5.48 Å². The van der Waals surface area contributed by atoms with Gasteiger partial charge in [-0.05, 0) is 0 Å². The quantitative estimate of drug-likeness (QED) is 0.582. The van der Waals surface area contributed by atoms with Crippen LogP contribution >= 0.6 is 0 Å². The second-order valence-corrected chi connectivity index (χ2v) is 2.28. The standard InChI is InChI=1S/C7H16.C2H3N.H2O/c1-3-5-7-6-4-2;1-2-3;/h3-7H2,1-2H3;1H3;1H2. The predicted molar refractivity (Wildman–Crippen MR) is 49.3 cm³/mol. The summed E-state index contributed by atoms with van der Waals surface area (Å²) in [4.78, 5) is 0. The fourth-order valence-corrected chi connectivity index (χ4v) is 0.677. The minimum absolute atomic E-state index is 0. The Morgan fingerprint density at radius 1 is 1.00 bits per heavy atom. The maximum Gasteiger partial charge on any atom is 0.0587 e. The molecule has 2 N–H and O–H groups in total. The highest BCUT2D eigenvalue weighted by molar-refractivity contribution is 4.51. The Labute approximate surface area is 70.5 Å². The highest BCUT2D eigenvalue weighted by Crippen LogP contribution is 2.00.